The van der Waals surface area contributed by atoms with Crippen LogP contribution >= 0.6 is 31.9 Å². The number of ether oxygens (including phenoxy) is 2. The fourth-order valence-corrected chi connectivity index (χ4v) is 3.24. The van der Waals surface area contributed by atoms with Crippen LogP contribution in [0.25, 0.3) is 10.9 Å². The molecule has 0 amide bonds. The zero-order chi connectivity index (χ0) is 13.3. The van der Waals surface area contributed by atoms with Gasteiger partial charge in [0.15, 0.2) is 5.43 Å². The van der Waals surface area contributed by atoms with Crippen LogP contribution in [0.1, 0.15) is 5.69 Å². The van der Waals surface area contributed by atoms with Crippen LogP contribution in [-0.4, -0.2) is 19.2 Å². The molecule has 0 saturated heterocycles. The first-order chi connectivity index (χ1) is 8.58. The molecule has 0 unspecified atom stereocenters. The molecule has 0 aliphatic rings. The summed E-state index contributed by atoms with van der Waals surface area (Å²) >= 11 is 6.81. The molecule has 0 radical (unpaired) electrons. The number of fused-ring (bicyclic) bond motifs is 1. The summed E-state index contributed by atoms with van der Waals surface area (Å²) in [6.07, 6.45) is 0. The van der Waals surface area contributed by atoms with E-state index in [1.807, 2.05) is 6.07 Å². The third kappa shape index (κ3) is 2.32. The van der Waals surface area contributed by atoms with Crippen LogP contribution in [-0.2, 0) is 11.3 Å². The number of hydrogen-bond donors (Lipinski definition) is 1. The first kappa shape index (κ1) is 13.6. The van der Waals surface area contributed by atoms with E-state index in [0.29, 0.717) is 23.3 Å². The Morgan fingerprint density at radius 2 is 1.94 bits per heavy atom. The Hall–Kier alpha value is -0.850. The van der Waals surface area contributed by atoms with E-state index in [2.05, 4.69) is 36.8 Å². The highest BCUT2D eigenvalue weighted by molar-refractivity contribution is 9.11. The minimum absolute atomic E-state index is 0.102. The minimum atomic E-state index is -0.102. The third-order valence-corrected chi connectivity index (χ3v) is 3.74. The maximum Gasteiger partial charge on any atom is 0.193 e. The van der Waals surface area contributed by atoms with E-state index in [9.17, 15) is 4.79 Å². The molecule has 1 N–H and O–H groups in total. The van der Waals surface area contributed by atoms with Crippen molar-refractivity contribution >= 4 is 42.8 Å². The van der Waals surface area contributed by atoms with Gasteiger partial charge < -0.3 is 14.5 Å². The second-order valence-electron chi connectivity index (χ2n) is 3.72. The van der Waals surface area contributed by atoms with Crippen molar-refractivity contribution < 1.29 is 9.47 Å². The molecule has 2 rings (SSSR count). The Labute approximate surface area is 121 Å². The molecule has 1 heterocycles. The number of H-pyrrole nitrogens is 1. The molecule has 0 saturated carbocycles. The van der Waals surface area contributed by atoms with Crippen molar-refractivity contribution in [1.82, 2.24) is 4.98 Å². The highest BCUT2D eigenvalue weighted by Gasteiger charge is 2.14. The van der Waals surface area contributed by atoms with Gasteiger partial charge in [-0.1, -0.05) is 0 Å². The average Bonchev–Trinajstić information content (AvgIpc) is 2.31. The zero-order valence-corrected chi connectivity index (χ0v) is 13.0. The van der Waals surface area contributed by atoms with Crippen molar-refractivity contribution in [1.29, 1.82) is 0 Å². The van der Waals surface area contributed by atoms with Gasteiger partial charge >= 0.3 is 0 Å². The Kier molecular flexibility index (Phi) is 4.09. The van der Waals surface area contributed by atoms with Crippen molar-refractivity contribution in [2.24, 2.45) is 0 Å². The van der Waals surface area contributed by atoms with Crippen molar-refractivity contribution in [3.63, 3.8) is 0 Å². The molecule has 4 nitrogen and oxygen atoms in total. The van der Waals surface area contributed by atoms with E-state index in [4.69, 9.17) is 9.47 Å². The molecule has 0 aliphatic carbocycles. The Bertz CT molecular complexity index is 652. The molecule has 1 aromatic carbocycles. The molecule has 2 aromatic rings. The van der Waals surface area contributed by atoms with E-state index in [0.717, 1.165) is 14.6 Å². The molecule has 0 aliphatic heterocycles. The summed E-state index contributed by atoms with van der Waals surface area (Å²) in [7, 11) is 3.12. The lowest BCUT2D eigenvalue weighted by molar-refractivity contribution is 0.181. The molecule has 0 fully saturated rings. The maximum atomic E-state index is 12.2. The predicted octanol–water partition coefficient (Wildman–Crippen LogP) is 3.21. The number of hydrogen-bond acceptors (Lipinski definition) is 3. The van der Waals surface area contributed by atoms with E-state index in [-0.39, 0.29) is 5.43 Å². The molecule has 18 heavy (non-hydrogen) atoms. The van der Waals surface area contributed by atoms with Gasteiger partial charge in [-0.2, -0.15) is 0 Å². The van der Waals surface area contributed by atoms with Gasteiger partial charge in [-0.05, 0) is 37.9 Å². The van der Waals surface area contributed by atoms with Crippen LogP contribution < -0.4 is 10.2 Å². The topological polar surface area (TPSA) is 51.3 Å². The van der Waals surface area contributed by atoms with Crippen LogP contribution in [0.2, 0.25) is 0 Å². The van der Waals surface area contributed by atoms with E-state index in [1.165, 1.54) is 13.2 Å². The van der Waals surface area contributed by atoms with Gasteiger partial charge in [-0.3, -0.25) is 4.79 Å². The van der Waals surface area contributed by atoms with Crippen LogP contribution in [0, 0.1) is 0 Å². The Morgan fingerprint density at radius 1 is 1.22 bits per heavy atom. The second kappa shape index (κ2) is 5.42. The summed E-state index contributed by atoms with van der Waals surface area (Å²) in [6.45, 7) is 0.357. The van der Waals surface area contributed by atoms with Crippen molar-refractivity contribution in [2.75, 3.05) is 14.2 Å². The van der Waals surface area contributed by atoms with Gasteiger partial charge in [0.05, 0.1) is 29.1 Å². The standard InChI is InChI=1S/C12H11Br2NO3/c1-17-5-6-3-9(16)10-11(15-6)7(13)4-8(14)12(10)18-2/h3-4H,5H2,1-2H3,(H,15,16). The second-order valence-corrected chi connectivity index (χ2v) is 5.42. The summed E-state index contributed by atoms with van der Waals surface area (Å²) in [5.74, 6) is 0.526. The summed E-state index contributed by atoms with van der Waals surface area (Å²) in [5, 5.41) is 0.513. The molecule has 0 spiro atoms. The highest BCUT2D eigenvalue weighted by atomic mass is 79.9. The van der Waals surface area contributed by atoms with E-state index < -0.39 is 0 Å². The van der Waals surface area contributed by atoms with Crippen LogP contribution in [0.5, 0.6) is 5.75 Å². The third-order valence-electron chi connectivity index (χ3n) is 2.53. The lowest BCUT2D eigenvalue weighted by Gasteiger charge is -2.10. The van der Waals surface area contributed by atoms with Crippen LogP contribution in [0.3, 0.4) is 0 Å². The number of aromatic nitrogens is 1. The minimum Gasteiger partial charge on any atom is -0.495 e. The molecule has 6 heteroatoms. The fourth-order valence-electron chi connectivity index (χ4n) is 1.82. The summed E-state index contributed by atoms with van der Waals surface area (Å²) in [6, 6.07) is 3.36. The molecule has 1 aromatic heterocycles. The smallest absolute Gasteiger partial charge is 0.193 e. The zero-order valence-electron chi connectivity index (χ0n) is 9.84. The Balaban J connectivity index is 2.86. The fraction of sp³-hybridized carbons (Fsp3) is 0.250. The van der Waals surface area contributed by atoms with Gasteiger partial charge in [-0.15, -0.1) is 0 Å². The molecule has 0 atom stereocenters. The van der Waals surface area contributed by atoms with Crippen molar-refractivity contribution in [3.05, 3.63) is 37.0 Å². The monoisotopic (exact) mass is 375 g/mol. The van der Waals surface area contributed by atoms with E-state index >= 15 is 0 Å². The lowest BCUT2D eigenvalue weighted by Crippen LogP contribution is -2.08. The van der Waals surface area contributed by atoms with Crippen LogP contribution in [0.4, 0.5) is 0 Å². The van der Waals surface area contributed by atoms with Gasteiger partial charge in [0.25, 0.3) is 0 Å². The average molecular weight is 377 g/mol. The number of benzene rings is 1. The molecular formula is C12H11Br2NO3. The van der Waals surface area contributed by atoms with Gasteiger partial charge in [0, 0.05) is 23.3 Å². The number of halogens is 2. The van der Waals surface area contributed by atoms with Crippen molar-refractivity contribution in [3.8, 4) is 5.75 Å². The number of nitrogens with one attached hydrogen (secondary N) is 1. The number of methoxy groups -OCH3 is 2. The molecule has 0 bridgehead atoms. The van der Waals surface area contributed by atoms with Gasteiger partial charge in [0.2, 0.25) is 0 Å². The number of rotatable bonds is 3. The summed E-state index contributed by atoms with van der Waals surface area (Å²) in [4.78, 5) is 15.3. The normalized spacial score (nSPS) is 10.9. The molecular weight excluding hydrogens is 366 g/mol. The lowest BCUT2D eigenvalue weighted by atomic mass is 10.1. The van der Waals surface area contributed by atoms with Gasteiger partial charge in [-0.25, -0.2) is 0 Å². The SMILES string of the molecule is COCc1cc(=O)c2c(OC)c(Br)cc(Br)c2[nH]1. The van der Waals surface area contributed by atoms with Crippen molar-refractivity contribution in [2.45, 2.75) is 6.61 Å². The summed E-state index contributed by atoms with van der Waals surface area (Å²) in [5.41, 5.74) is 1.32. The largest absolute Gasteiger partial charge is 0.495 e. The Morgan fingerprint density at radius 3 is 2.56 bits per heavy atom. The quantitative estimate of drug-likeness (QED) is 0.894. The van der Waals surface area contributed by atoms with E-state index in [1.54, 1.807) is 7.11 Å². The maximum absolute atomic E-state index is 12.2. The number of pyridine rings is 1. The molecule has 96 valence electrons. The first-order valence-corrected chi connectivity index (χ1v) is 6.74. The first-order valence-electron chi connectivity index (χ1n) is 5.15. The van der Waals surface area contributed by atoms with Crippen LogP contribution in [0.15, 0.2) is 25.9 Å². The predicted molar refractivity (Wildman–Crippen MR) is 77.2 cm³/mol. The number of aromatic amines is 1. The highest BCUT2D eigenvalue weighted by Crippen LogP contribution is 2.35. The summed E-state index contributed by atoms with van der Waals surface area (Å²) < 4.78 is 11.8. The van der Waals surface area contributed by atoms with Gasteiger partial charge in [0.1, 0.15) is 5.75 Å².